The monoisotopic (exact) mass is 553 g/mol. The quantitative estimate of drug-likeness (QED) is 0.370. The highest BCUT2D eigenvalue weighted by molar-refractivity contribution is 9.10. The van der Waals surface area contributed by atoms with Gasteiger partial charge >= 0.3 is 6.09 Å². The van der Waals surface area contributed by atoms with Crippen LogP contribution in [0.4, 0.5) is 10.5 Å². The Morgan fingerprint density at radius 1 is 1.06 bits per heavy atom. The molecule has 2 aromatic heterocycles. The van der Waals surface area contributed by atoms with Crippen LogP contribution in [0, 0.1) is 0 Å². The molecule has 0 radical (unpaired) electrons. The maximum absolute atomic E-state index is 13.0. The van der Waals surface area contributed by atoms with E-state index in [1.165, 1.54) is 0 Å². The lowest BCUT2D eigenvalue weighted by atomic mass is 10.2. The van der Waals surface area contributed by atoms with Crippen LogP contribution >= 0.6 is 15.9 Å². The van der Waals surface area contributed by atoms with Crippen molar-refractivity contribution in [2.24, 2.45) is 0 Å². The number of halogens is 1. The number of amides is 1. The van der Waals surface area contributed by atoms with E-state index < -0.39 is 5.60 Å². The fourth-order valence-electron chi connectivity index (χ4n) is 5.02. The number of imidazole rings is 1. The van der Waals surface area contributed by atoms with Gasteiger partial charge in [0.1, 0.15) is 5.60 Å². The SMILES string of the molecule is CC(C)(C)OC(=O)N1CCN(c2ccc3c(c2)n(C2COC2)c2nc(=O)c4c(Br)cccc4n32)CC1. The molecule has 4 aromatic rings. The van der Waals surface area contributed by atoms with E-state index >= 15 is 0 Å². The molecule has 6 rings (SSSR count). The lowest BCUT2D eigenvalue weighted by Crippen LogP contribution is -2.50. The van der Waals surface area contributed by atoms with Gasteiger partial charge in [-0.1, -0.05) is 6.07 Å². The fourth-order valence-corrected chi connectivity index (χ4v) is 5.54. The van der Waals surface area contributed by atoms with E-state index in [9.17, 15) is 9.59 Å². The van der Waals surface area contributed by atoms with Crippen molar-refractivity contribution >= 4 is 55.4 Å². The Labute approximate surface area is 216 Å². The van der Waals surface area contributed by atoms with Crippen LogP contribution in [0.25, 0.3) is 27.7 Å². The predicted molar refractivity (Wildman–Crippen MR) is 142 cm³/mol. The van der Waals surface area contributed by atoms with Gasteiger partial charge in [0.2, 0.25) is 5.78 Å². The molecule has 2 aliphatic rings. The molecular formula is C26H28BrN5O4. The molecule has 0 atom stereocenters. The molecule has 2 aromatic carbocycles. The summed E-state index contributed by atoms with van der Waals surface area (Å²) in [6, 6.07) is 12.3. The van der Waals surface area contributed by atoms with E-state index in [2.05, 4.69) is 53.0 Å². The lowest BCUT2D eigenvalue weighted by Gasteiger charge is -2.36. The van der Waals surface area contributed by atoms with Crippen LogP contribution in [-0.2, 0) is 9.47 Å². The van der Waals surface area contributed by atoms with Crippen molar-refractivity contribution in [2.45, 2.75) is 32.4 Å². The summed E-state index contributed by atoms with van der Waals surface area (Å²) in [7, 11) is 0. The van der Waals surface area contributed by atoms with Gasteiger partial charge < -0.3 is 23.8 Å². The van der Waals surface area contributed by atoms with Crippen molar-refractivity contribution in [1.82, 2.24) is 18.9 Å². The van der Waals surface area contributed by atoms with Crippen LogP contribution in [-0.4, -0.2) is 69.9 Å². The molecule has 188 valence electrons. The van der Waals surface area contributed by atoms with Gasteiger partial charge in [-0.25, -0.2) is 4.79 Å². The number of hydrogen-bond acceptors (Lipinski definition) is 6. The molecule has 0 bridgehead atoms. The van der Waals surface area contributed by atoms with E-state index in [0.717, 1.165) is 26.7 Å². The Bertz CT molecular complexity index is 1560. The van der Waals surface area contributed by atoms with E-state index in [1.807, 2.05) is 39.0 Å². The van der Waals surface area contributed by atoms with E-state index in [0.29, 0.717) is 50.6 Å². The number of rotatable bonds is 2. The number of benzene rings is 2. The Kier molecular flexibility index (Phi) is 5.49. The number of fused-ring (bicyclic) bond motifs is 5. The van der Waals surface area contributed by atoms with Gasteiger partial charge in [-0.3, -0.25) is 9.20 Å². The Hall–Kier alpha value is -3.11. The third-order valence-electron chi connectivity index (χ3n) is 6.80. The number of piperazine rings is 1. The molecule has 9 nitrogen and oxygen atoms in total. The van der Waals surface area contributed by atoms with Gasteiger partial charge in [0.15, 0.2) is 0 Å². The van der Waals surface area contributed by atoms with Gasteiger partial charge in [-0.15, -0.1) is 0 Å². The summed E-state index contributed by atoms with van der Waals surface area (Å²) in [5.74, 6) is 0.626. The summed E-state index contributed by atoms with van der Waals surface area (Å²) in [5, 5.41) is 0.571. The Morgan fingerprint density at radius 3 is 2.47 bits per heavy atom. The van der Waals surface area contributed by atoms with Crippen LogP contribution in [0.5, 0.6) is 0 Å². The van der Waals surface area contributed by atoms with E-state index in [-0.39, 0.29) is 17.7 Å². The predicted octanol–water partition coefficient (Wildman–Crippen LogP) is 4.19. The molecular weight excluding hydrogens is 526 g/mol. The molecule has 0 saturated carbocycles. The van der Waals surface area contributed by atoms with Crippen molar-refractivity contribution < 1.29 is 14.3 Å². The summed E-state index contributed by atoms with van der Waals surface area (Å²) in [6.45, 7) is 9.44. The first-order valence-corrected chi connectivity index (χ1v) is 13.0. The third kappa shape index (κ3) is 3.83. The summed E-state index contributed by atoms with van der Waals surface area (Å²) < 4.78 is 16.0. The summed E-state index contributed by atoms with van der Waals surface area (Å²) in [5.41, 5.74) is 3.14. The first-order chi connectivity index (χ1) is 17.2. The fraction of sp³-hybridized carbons (Fsp3) is 0.423. The van der Waals surface area contributed by atoms with Crippen molar-refractivity contribution in [1.29, 1.82) is 0 Å². The van der Waals surface area contributed by atoms with Gasteiger partial charge in [0, 0.05) is 36.3 Å². The molecule has 0 aliphatic carbocycles. The van der Waals surface area contributed by atoms with Crippen LogP contribution < -0.4 is 10.5 Å². The first kappa shape index (κ1) is 23.3. The van der Waals surface area contributed by atoms with Crippen LogP contribution in [0.3, 0.4) is 0 Å². The maximum Gasteiger partial charge on any atom is 0.410 e. The smallest absolute Gasteiger partial charge is 0.410 e. The van der Waals surface area contributed by atoms with Crippen molar-refractivity contribution in [3.63, 3.8) is 0 Å². The molecule has 4 heterocycles. The standard InChI is InChI=1S/C26H28BrN5O4/c1-26(2,3)36-25(34)30-11-9-29(10-12-30)16-7-8-19-21(13-16)31(17-14-35-15-17)24-28-23(33)22-18(27)5-4-6-20(22)32(19)24/h4-8,13,17H,9-12,14-15H2,1-3H3. The van der Waals surface area contributed by atoms with Crippen LogP contribution in [0.15, 0.2) is 45.7 Å². The highest BCUT2D eigenvalue weighted by Gasteiger charge is 2.29. The average Bonchev–Trinajstić information content (AvgIpc) is 3.10. The second kappa shape index (κ2) is 8.48. The number of nitrogens with zero attached hydrogens (tertiary/aromatic N) is 5. The van der Waals surface area contributed by atoms with Crippen molar-refractivity contribution in [2.75, 3.05) is 44.3 Å². The van der Waals surface area contributed by atoms with Gasteiger partial charge in [0.25, 0.3) is 5.56 Å². The second-order valence-corrected chi connectivity index (χ2v) is 11.2. The number of carbonyl (C=O) groups excluding carboxylic acids is 1. The summed E-state index contributed by atoms with van der Waals surface area (Å²) in [6.07, 6.45) is -0.267. The number of ether oxygens (including phenoxy) is 2. The highest BCUT2D eigenvalue weighted by atomic mass is 79.9. The molecule has 2 fully saturated rings. The van der Waals surface area contributed by atoms with E-state index in [4.69, 9.17) is 9.47 Å². The number of hydrogen-bond donors (Lipinski definition) is 0. The Balaban J connectivity index is 1.41. The second-order valence-electron chi connectivity index (χ2n) is 10.4. The molecule has 10 heteroatoms. The Morgan fingerprint density at radius 2 is 1.81 bits per heavy atom. The minimum atomic E-state index is -0.507. The number of aromatic nitrogens is 3. The third-order valence-corrected chi connectivity index (χ3v) is 7.47. The molecule has 36 heavy (non-hydrogen) atoms. The van der Waals surface area contributed by atoms with Crippen molar-refractivity contribution in [3.05, 3.63) is 51.2 Å². The first-order valence-electron chi connectivity index (χ1n) is 12.2. The molecule has 1 amide bonds. The van der Waals surface area contributed by atoms with E-state index in [1.54, 1.807) is 4.90 Å². The maximum atomic E-state index is 13.0. The molecule has 0 unspecified atom stereocenters. The van der Waals surface area contributed by atoms with Crippen molar-refractivity contribution in [3.8, 4) is 0 Å². The average molecular weight is 554 g/mol. The zero-order chi connectivity index (χ0) is 25.2. The molecule has 2 saturated heterocycles. The van der Waals surface area contributed by atoms with Crippen LogP contribution in [0.2, 0.25) is 0 Å². The zero-order valence-electron chi connectivity index (χ0n) is 20.5. The molecule has 0 spiro atoms. The molecule has 2 aliphatic heterocycles. The minimum absolute atomic E-state index is 0.119. The summed E-state index contributed by atoms with van der Waals surface area (Å²) in [4.78, 5) is 34.1. The van der Waals surface area contributed by atoms with Gasteiger partial charge in [-0.05, 0) is 67.0 Å². The topological polar surface area (TPSA) is 81.3 Å². The minimum Gasteiger partial charge on any atom is -0.444 e. The lowest BCUT2D eigenvalue weighted by molar-refractivity contribution is -0.0201. The van der Waals surface area contributed by atoms with Crippen LogP contribution in [0.1, 0.15) is 26.8 Å². The number of anilines is 1. The van der Waals surface area contributed by atoms with Gasteiger partial charge in [-0.2, -0.15) is 4.98 Å². The largest absolute Gasteiger partial charge is 0.444 e. The number of carbonyl (C=O) groups is 1. The zero-order valence-corrected chi connectivity index (χ0v) is 22.1. The molecule has 0 N–H and O–H groups in total. The highest BCUT2D eigenvalue weighted by Crippen LogP contribution is 2.33. The summed E-state index contributed by atoms with van der Waals surface area (Å²) >= 11 is 3.53. The van der Waals surface area contributed by atoms with Gasteiger partial charge in [0.05, 0.1) is 41.2 Å². The normalized spacial score (nSPS) is 17.2.